The van der Waals surface area contributed by atoms with Crippen LogP contribution in [0.15, 0.2) is 51.7 Å². The van der Waals surface area contributed by atoms with E-state index in [2.05, 4.69) is 20.5 Å². The van der Waals surface area contributed by atoms with Crippen LogP contribution in [0.3, 0.4) is 0 Å². The molecule has 28 heavy (non-hydrogen) atoms. The number of hydrogen-bond donors (Lipinski definition) is 1. The maximum absolute atomic E-state index is 12.2. The maximum Gasteiger partial charge on any atom is 0.258 e. The molecule has 3 heterocycles. The van der Waals surface area contributed by atoms with E-state index < -0.39 is 0 Å². The lowest BCUT2D eigenvalue weighted by Crippen LogP contribution is -2.14. The quantitative estimate of drug-likeness (QED) is 0.422. The van der Waals surface area contributed by atoms with Gasteiger partial charge >= 0.3 is 0 Å². The Kier molecular flexibility index (Phi) is 5.54. The molecular weight excluding hydrogens is 437 g/mol. The molecule has 0 aliphatic rings. The molecule has 0 unspecified atom stereocenters. The zero-order chi connectivity index (χ0) is 19.7. The molecule has 4 rings (SSSR count). The predicted octanol–water partition coefficient (Wildman–Crippen LogP) is 5.20. The highest BCUT2D eigenvalue weighted by Crippen LogP contribution is 2.30. The predicted molar refractivity (Wildman–Crippen MR) is 115 cm³/mol. The standard InChI is InChI=1S/C18H13Cl2N5OS2/c1-10-2-4-12(6-14(10)20)22-17-23-24-18(28-17)27-9-13-7-16(26)25-8-11(19)3-5-15(25)21-13/h2-8H,9H2,1H3,(H,22,23). The summed E-state index contributed by atoms with van der Waals surface area (Å²) in [6, 6.07) is 10.7. The summed E-state index contributed by atoms with van der Waals surface area (Å²) >= 11 is 15.0. The van der Waals surface area contributed by atoms with Crippen molar-refractivity contribution in [2.75, 3.05) is 5.32 Å². The number of nitrogens with zero attached hydrogens (tertiary/aromatic N) is 4. The number of halogens is 2. The Balaban J connectivity index is 1.46. The van der Waals surface area contributed by atoms with E-state index in [1.165, 1.54) is 33.6 Å². The summed E-state index contributed by atoms with van der Waals surface area (Å²) in [6.07, 6.45) is 1.56. The third-order valence-corrected chi connectivity index (χ3v) is 6.49. The molecule has 0 aliphatic heterocycles. The fraction of sp³-hybridized carbons (Fsp3) is 0.111. The van der Waals surface area contributed by atoms with E-state index in [4.69, 9.17) is 23.2 Å². The molecule has 0 saturated carbocycles. The van der Waals surface area contributed by atoms with E-state index in [0.717, 1.165) is 15.6 Å². The number of aryl methyl sites for hydroxylation is 1. The van der Waals surface area contributed by atoms with Gasteiger partial charge in [0.05, 0.1) is 10.7 Å². The molecule has 0 radical (unpaired) electrons. The highest BCUT2D eigenvalue weighted by molar-refractivity contribution is 8.00. The number of fused-ring (bicyclic) bond motifs is 1. The Morgan fingerprint density at radius 2 is 2.04 bits per heavy atom. The number of aromatic nitrogens is 4. The lowest BCUT2D eigenvalue weighted by Gasteiger charge is -2.04. The van der Waals surface area contributed by atoms with Gasteiger partial charge in [-0.2, -0.15) is 0 Å². The average molecular weight is 450 g/mol. The average Bonchev–Trinajstić information content (AvgIpc) is 3.11. The smallest absolute Gasteiger partial charge is 0.258 e. The van der Waals surface area contributed by atoms with Crippen LogP contribution >= 0.6 is 46.3 Å². The summed E-state index contributed by atoms with van der Waals surface area (Å²) in [7, 11) is 0. The van der Waals surface area contributed by atoms with Gasteiger partial charge in [0, 0.05) is 28.7 Å². The fourth-order valence-corrected chi connectivity index (χ4v) is 4.45. The zero-order valence-electron chi connectivity index (χ0n) is 14.5. The molecule has 4 aromatic rings. The first-order valence-corrected chi connectivity index (χ1v) is 10.7. The van der Waals surface area contributed by atoms with Crippen molar-refractivity contribution in [1.29, 1.82) is 0 Å². The summed E-state index contributed by atoms with van der Waals surface area (Å²) < 4.78 is 2.20. The molecule has 0 fully saturated rings. The highest BCUT2D eigenvalue weighted by atomic mass is 35.5. The molecule has 1 aromatic carbocycles. The number of benzene rings is 1. The Morgan fingerprint density at radius 1 is 1.18 bits per heavy atom. The second-order valence-electron chi connectivity index (χ2n) is 5.91. The van der Waals surface area contributed by atoms with Gasteiger partial charge in [-0.3, -0.25) is 9.20 Å². The molecule has 0 spiro atoms. The van der Waals surface area contributed by atoms with E-state index in [9.17, 15) is 4.79 Å². The van der Waals surface area contributed by atoms with Crippen LogP contribution in [0.1, 0.15) is 11.3 Å². The van der Waals surface area contributed by atoms with Gasteiger partial charge < -0.3 is 5.32 Å². The summed E-state index contributed by atoms with van der Waals surface area (Å²) in [4.78, 5) is 16.7. The van der Waals surface area contributed by atoms with E-state index in [-0.39, 0.29) is 5.56 Å². The first kappa shape index (κ1) is 19.2. The van der Waals surface area contributed by atoms with Crippen molar-refractivity contribution in [1.82, 2.24) is 19.6 Å². The molecule has 0 atom stereocenters. The highest BCUT2D eigenvalue weighted by Gasteiger charge is 2.09. The number of rotatable bonds is 5. The van der Waals surface area contributed by atoms with Crippen LogP contribution in [0.4, 0.5) is 10.8 Å². The minimum absolute atomic E-state index is 0.168. The van der Waals surface area contributed by atoms with Crippen molar-refractivity contribution in [3.63, 3.8) is 0 Å². The first-order valence-electron chi connectivity index (χ1n) is 8.15. The largest absolute Gasteiger partial charge is 0.330 e. The third kappa shape index (κ3) is 4.30. The van der Waals surface area contributed by atoms with E-state index >= 15 is 0 Å². The van der Waals surface area contributed by atoms with E-state index in [1.807, 2.05) is 25.1 Å². The second-order valence-corrected chi connectivity index (χ2v) is 8.96. The minimum Gasteiger partial charge on any atom is -0.330 e. The summed E-state index contributed by atoms with van der Waals surface area (Å²) in [6.45, 7) is 1.95. The molecule has 10 heteroatoms. The lowest BCUT2D eigenvalue weighted by atomic mass is 10.2. The van der Waals surface area contributed by atoms with Gasteiger partial charge in [-0.1, -0.05) is 52.4 Å². The van der Waals surface area contributed by atoms with Gasteiger partial charge in [0.1, 0.15) is 5.65 Å². The zero-order valence-corrected chi connectivity index (χ0v) is 17.7. The molecule has 0 saturated heterocycles. The van der Waals surface area contributed by atoms with Crippen LogP contribution in [0.5, 0.6) is 0 Å². The molecule has 142 valence electrons. The van der Waals surface area contributed by atoms with Gasteiger partial charge in [-0.05, 0) is 36.8 Å². The molecule has 1 N–H and O–H groups in total. The van der Waals surface area contributed by atoms with Gasteiger partial charge in [0.15, 0.2) is 4.34 Å². The number of pyridine rings is 1. The van der Waals surface area contributed by atoms with Crippen molar-refractivity contribution in [2.24, 2.45) is 0 Å². The summed E-state index contributed by atoms with van der Waals surface area (Å²) in [5, 5.41) is 13.4. The van der Waals surface area contributed by atoms with Crippen molar-refractivity contribution in [2.45, 2.75) is 17.0 Å². The Morgan fingerprint density at radius 3 is 2.86 bits per heavy atom. The number of hydrogen-bond acceptors (Lipinski definition) is 7. The third-order valence-electron chi connectivity index (χ3n) is 3.85. The van der Waals surface area contributed by atoms with Crippen LogP contribution in [0.2, 0.25) is 10.0 Å². The summed E-state index contributed by atoms with van der Waals surface area (Å²) in [5.41, 5.74) is 2.93. The fourth-order valence-electron chi connectivity index (χ4n) is 2.45. The number of thioether (sulfide) groups is 1. The molecule has 0 amide bonds. The van der Waals surface area contributed by atoms with Crippen LogP contribution in [-0.4, -0.2) is 19.6 Å². The Hall–Kier alpha value is -2.13. The summed E-state index contributed by atoms with van der Waals surface area (Å²) in [5.74, 6) is 0.513. The van der Waals surface area contributed by atoms with Gasteiger partial charge in [-0.25, -0.2) is 4.98 Å². The van der Waals surface area contributed by atoms with Crippen molar-refractivity contribution < 1.29 is 0 Å². The first-order chi connectivity index (χ1) is 13.5. The molecule has 0 bridgehead atoms. The molecule has 6 nitrogen and oxygen atoms in total. The van der Waals surface area contributed by atoms with Crippen LogP contribution < -0.4 is 10.9 Å². The monoisotopic (exact) mass is 449 g/mol. The van der Waals surface area contributed by atoms with Crippen LogP contribution in [0, 0.1) is 6.92 Å². The van der Waals surface area contributed by atoms with Gasteiger partial charge in [-0.15, -0.1) is 10.2 Å². The topological polar surface area (TPSA) is 72.2 Å². The van der Waals surface area contributed by atoms with Crippen LogP contribution in [0.25, 0.3) is 5.65 Å². The number of nitrogens with one attached hydrogen (secondary N) is 1. The number of anilines is 2. The lowest BCUT2D eigenvalue weighted by molar-refractivity contribution is 1.00. The van der Waals surface area contributed by atoms with Crippen LogP contribution in [-0.2, 0) is 5.75 Å². The molecule has 0 aliphatic carbocycles. The molecular formula is C18H13Cl2N5OS2. The van der Waals surface area contributed by atoms with Gasteiger partial charge in [0.2, 0.25) is 5.13 Å². The minimum atomic E-state index is -0.168. The van der Waals surface area contributed by atoms with Crippen molar-refractivity contribution >= 4 is 62.8 Å². The normalized spacial score (nSPS) is 11.1. The Bertz CT molecular complexity index is 1220. The van der Waals surface area contributed by atoms with Crippen molar-refractivity contribution in [3.05, 3.63) is 74.3 Å². The Labute approximate surface area is 178 Å². The van der Waals surface area contributed by atoms with E-state index in [0.29, 0.717) is 32.3 Å². The van der Waals surface area contributed by atoms with Gasteiger partial charge in [0.25, 0.3) is 5.56 Å². The second kappa shape index (κ2) is 8.08. The van der Waals surface area contributed by atoms with Crippen molar-refractivity contribution in [3.8, 4) is 0 Å². The van der Waals surface area contributed by atoms with E-state index in [1.54, 1.807) is 18.3 Å². The SMILES string of the molecule is Cc1ccc(Nc2nnc(SCc3cc(=O)n4cc(Cl)ccc4n3)s2)cc1Cl. The maximum atomic E-state index is 12.2. The molecule has 3 aromatic heterocycles.